The standard InChI is InChI=1S/C17H22N2O7/c1-3-25-16(23)11(17(24)26-4-2)8-18-19-14(20)12-9-5-6-10(7-9)13(12)15(21)22/h5-6,8-10,12-13,18H,3-4,7H2,1-2H3,(H,19,20)(H,21,22)/t9-,10-,12-,13-/m0/s1. The van der Waals surface area contributed by atoms with Crippen molar-refractivity contribution in [2.75, 3.05) is 13.2 Å². The Morgan fingerprint density at radius 3 is 2.08 bits per heavy atom. The third kappa shape index (κ3) is 4.04. The van der Waals surface area contributed by atoms with Gasteiger partial charge in [-0.05, 0) is 32.1 Å². The van der Waals surface area contributed by atoms with E-state index in [4.69, 9.17) is 9.47 Å². The quantitative estimate of drug-likeness (QED) is 0.138. The van der Waals surface area contributed by atoms with Crippen molar-refractivity contribution < 1.29 is 33.8 Å². The van der Waals surface area contributed by atoms with Gasteiger partial charge < -0.3 is 20.0 Å². The number of rotatable bonds is 8. The van der Waals surface area contributed by atoms with E-state index in [0.29, 0.717) is 6.42 Å². The number of carboxylic acids is 1. The number of carboxylic acid groups (broad SMARTS) is 1. The zero-order chi connectivity index (χ0) is 19.3. The van der Waals surface area contributed by atoms with Crippen molar-refractivity contribution >= 4 is 23.8 Å². The van der Waals surface area contributed by atoms with Gasteiger partial charge in [-0.15, -0.1) is 0 Å². The highest BCUT2D eigenvalue weighted by atomic mass is 16.6. The van der Waals surface area contributed by atoms with Gasteiger partial charge in [0, 0.05) is 6.20 Å². The van der Waals surface area contributed by atoms with Crippen LogP contribution in [0.2, 0.25) is 0 Å². The number of hydrogen-bond donors (Lipinski definition) is 3. The maximum atomic E-state index is 12.4. The number of carbonyl (C=O) groups excluding carboxylic acids is 3. The lowest BCUT2D eigenvalue weighted by Crippen LogP contribution is -2.44. The summed E-state index contributed by atoms with van der Waals surface area (Å²) in [7, 11) is 0. The summed E-state index contributed by atoms with van der Waals surface area (Å²) in [5.41, 5.74) is 4.31. The number of nitrogens with one attached hydrogen (secondary N) is 2. The Labute approximate surface area is 150 Å². The number of allylic oxidation sites excluding steroid dienone is 2. The third-order valence-corrected chi connectivity index (χ3v) is 4.45. The summed E-state index contributed by atoms with van der Waals surface area (Å²) in [6.07, 6.45) is 5.29. The molecule has 0 unspecified atom stereocenters. The number of aliphatic carboxylic acids is 1. The molecule has 0 aromatic rings. The monoisotopic (exact) mass is 366 g/mol. The number of ether oxygens (including phenoxy) is 2. The molecule has 2 bridgehead atoms. The first kappa shape index (κ1) is 19.5. The van der Waals surface area contributed by atoms with E-state index >= 15 is 0 Å². The molecule has 0 aromatic heterocycles. The topological polar surface area (TPSA) is 131 Å². The molecule has 1 fully saturated rings. The van der Waals surface area contributed by atoms with Gasteiger partial charge in [0.15, 0.2) is 5.57 Å². The molecule has 0 aliphatic heterocycles. The van der Waals surface area contributed by atoms with E-state index in [9.17, 15) is 24.3 Å². The molecule has 0 saturated heterocycles. The second-order valence-corrected chi connectivity index (χ2v) is 5.97. The van der Waals surface area contributed by atoms with Crippen molar-refractivity contribution in [1.29, 1.82) is 0 Å². The Balaban J connectivity index is 2.03. The molecule has 3 N–H and O–H groups in total. The van der Waals surface area contributed by atoms with Gasteiger partial charge >= 0.3 is 17.9 Å². The minimum absolute atomic E-state index is 0.0692. The fourth-order valence-electron chi connectivity index (χ4n) is 3.40. The van der Waals surface area contributed by atoms with Gasteiger partial charge in [-0.2, -0.15) is 0 Å². The van der Waals surface area contributed by atoms with E-state index in [1.54, 1.807) is 13.8 Å². The Bertz CT molecular complexity index is 635. The van der Waals surface area contributed by atoms with Gasteiger partial charge in [0.1, 0.15) is 0 Å². The highest BCUT2D eigenvalue weighted by Crippen LogP contribution is 2.48. The summed E-state index contributed by atoms with van der Waals surface area (Å²) in [4.78, 5) is 47.4. The van der Waals surface area contributed by atoms with E-state index in [-0.39, 0.29) is 25.0 Å². The Hall–Kier alpha value is -2.84. The van der Waals surface area contributed by atoms with Crippen LogP contribution < -0.4 is 10.9 Å². The number of amides is 1. The second kappa shape index (κ2) is 8.50. The summed E-state index contributed by atoms with van der Waals surface area (Å²) in [5, 5.41) is 9.36. The molecule has 1 amide bonds. The lowest BCUT2D eigenvalue weighted by molar-refractivity contribution is -0.148. The number of fused-ring (bicyclic) bond motifs is 2. The predicted molar refractivity (Wildman–Crippen MR) is 88.0 cm³/mol. The molecule has 0 spiro atoms. The molecule has 1 saturated carbocycles. The van der Waals surface area contributed by atoms with E-state index in [1.165, 1.54) is 0 Å². The molecule has 0 aromatic carbocycles. The molecule has 2 aliphatic rings. The molecule has 9 heteroatoms. The number of hydrazine groups is 1. The average Bonchev–Trinajstić information content (AvgIpc) is 3.19. The molecule has 0 heterocycles. The number of hydrogen-bond acceptors (Lipinski definition) is 7. The first-order chi connectivity index (χ1) is 12.4. The SMILES string of the molecule is CCOC(=O)C(=CNNC(=O)[C@@H]1[C@@H](C(=O)O)[C@H]2C=C[C@H]1C2)C(=O)OCC. The highest BCUT2D eigenvalue weighted by molar-refractivity contribution is 6.14. The number of esters is 2. The van der Waals surface area contributed by atoms with Crippen LogP contribution in [0.15, 0.2) is 23.9 Å². The van der Waals surface area contributed by atoms with Crippen LogP contribution in [0.25, 0.3) is 0 Å². The molecule has 142 valence electrons. The van der Waals surface area contributed by atoms with Crippen LogP contribution in [0, 0.1) is 23.7 Å². The van der Waals surface area contributed by atoms with Crippen molar-refractivity contribution in [2.45, 2.75) is 20.3 Å². The van der Waals surface area contributed by atoms with Crippen molar-refractivity contribution in [3.63, 3.8) is 0 Å². The van der Waals surface area contributed by atoms with Crippen molar-refractivity contribution in [3.8, 4) is 0 Å². The lowest BCUT2D eigenvalue weighted by Gasteiger charge is -2.23. The van der Waals surface area contributed by atoms with Crippen LogP contribution >= 0.6 is 0 Å². The van der Waals surface area contributed by atoms with Gasteiger partial charge in [0.25, 0.3) is 0 Å². The molecular weight excluding hydrogens is 344 g/mol. The second-order valence-electron chi connectivity index (χ2n) is 5.97. The fourth-order valence-corrected chi connectivity index (χ4v) is 3.40. The Morgan fingerprint density at radius 1 is 1.04 bits per heavy atom. The van der Waals surface area contributed by atoms with E-state index in [1.807, 2.05) is 12.2 Å². The van der Waals surface area contributed by atoms with Gasteiger partial charge in [-0.25, -0.2) is 9.59 Å². The van der Waals surface area contributed by atoms with Gasteiger partial charge in [0.2, 0.25) is 5.91 Å². The summed E-state index contributed by atoms with van der Waals surface area (Å²) < 4.78 is 9.54. The van der Waals surface area contributed by atoms with Gasteiger partial charge in [-0.1, -0.05) is 12.2 Å². The minimum atomic E-state index is -1.02. The first-order valence-corrected chi connectivity index (χ1v) is 8.41. The van der Waals surface area contributed by atoms with E-state index in [2.05, 4.69) is 10.9 Å². The zero-order valence-electron chi connectivity index (χ0n) is 14.6. The van der Waals surface area contributed by atoms with Crippen molar-refractivity contribution in [3.05, 3.63) is 23.9 Å². The normalized spacial score (nSPS) is 25.3. The minimum Gasteiger partial charge on any atom is -0.481 e. The summed E-state index contributed by atoms with van der Waals surface area (Å²) in [6.45, 7) is 3.31. The Morgan fingerprint density at radius 2 is 1.58 bits per heavy atom. The van der Waals surface area contributed by atoms with Crippen molar-refractivity contribution in [2.24, 2.45) is 23.7 Å². The molecule has 2 rings (SSSR count). The molecule has 9 nitrogen and oxygen atoms in total. The highest BCUT2D eigenvalue weighted by Gasteiger charge is 2.51. The van der Waals surface area contributed by atoms with Crippen LogP contribution in [-0.2, 0) is 28.7 Å². The summed E-state index contributed by atoms with van der Waals surface area (Å²) in [6, 6.07) is 0. The van der Waals surface area contributed by atoms with Crippen LogP contribution in [0.4, 0.5) is 0 Å². The largest absolute Gasteiger partial charge is 0.481 e. The zero-order valence-corrected chi connectivity index (χ0v) is 14.6. The van der Waals surface area contributed by atoms with Gasteiger partial charge in [-0.3, -0.25) is 15.0 Å². The molecule has 0 radical (unpaired) electrons. The van der Waals surface area contributed by atoms with Crippen LogP contribution in [0.3, 0.4) is 0 Å². The molecule has 4 atom stereocenters. The maximum absolute atomic E-state index is 12.4. The third-order valence-electron chi connectivity index (χ3n) is 4.45. The fraction of sp³-hybridized carbons (Fsp3) is 0.529. The maximum Gasteiger partial charge on any atom is 0.347 e. The summed E-state index contributed by atoms with van der Waals surface area (Å²) in [5.74, 6) is -5.10. The Kier molecular flexibility index (Phi) is 6.37. The molecule has 26 heavy (non-hydrogen) atoms. The van der Waals surface area contributed by atoms with E-state index in [0.717, 1.165) is 6.20 Å². The van der Waals surface area contributed by atoms with Crippen LogP contribution in [0.5, 0.6) is 0 Å². The smallest absolute Gasteiger partial charge is 0.347 e. The first-order valence-electron chi connectivity index (χ1n) is 8.41. The summed E-state index contributed by atoms with van der Waals surface area (Å²) >= 11 is 0. The van der Waals surface area contributed by atoms with Gasteiger partial charge in [0.05, 0.1) is 25.0 Å². The average molecular weight is 366 g/mol. The predicted octanol–water partition coefficient (Wildman–Crippen LogP) is 0.140. The lowest BCUT2D eigenvalue weighted by atomic mass is 9.82. The van der Waals surface area contributed by atoms with E-state index < -0.39 is 41.2 Å². The number of carbonyl (C=O) groups is 4. The van der Waals surface area contributed by atoms with Crippen LogP contribution in [0.1, 0.15) is 20.3 Å². The van der Waals surface area contributed by atoms with Crippen molar-refractivity contribution in [1.82, 2.24) is 10.9 Å². The molecule has 2 aliphatic carbocycles. The molecular formula is C17H22N2O7. The van der Waals surface area contributed by atoms with Crippen LogP contribution in [-0.4, -0.2) is 42.1 Å².